The van der Waals surface area contributed by atoms with Crippen molar-refractivity contribution in [1.29, 1.82) is 5.41 Å². The van der Waals surface area contributed by atoms with Crippen LogP contribution in [0.5, 0.6) is 0 Å². The average Bonchev–Trinajstić information content (AvgIpc) is 2.35. The molecule has 2 fully saturated rings. The zero-order chi connectivity index (χ0) is 8.77. The maximum atomic E-state index is 7.78. The molecule has 2 rings (SSSR count). The molecule has 1 saturated heterocycles. The first-order valence-electron chi connectivity index (χ1n) is 4.95. The van der Waals surface area contributed by atoms with E-state index in [0.29, 0.717) is 11.5 Å². The molecule has 0 radical (unpaired) electrons. The van der Waals surface area contributed by atoms with E-state index < -0.39 is 0 Å². The van der Waals surface area contributed by atoms with Crippen LogP contribution in [0.4, 0.5) is 0 Å². The van der Waals surface area contributed by atoms with Crippen molar-refractivity contribution >= 4 is 5.84 Å². The molecule has 1 atom stereocenters. The predicted octanol–water partition coefficient (Wildman–Crippen LogP) is 2.25. The fourth-order valence-electron chi connectivity index (χ4n) is 2.47. The molecular weight excluding hydrogens is 148 g/mol. The normalized spacial score (nSPS) is 33.7. The quantitative estimate of drug-likeness (QED) is 0.635. The van der Waals surface area contributed by atoms with E-state index in [9.17, 15) is 0 Å². The Kier molecular flexibility index (Phi) is 1.67. The Morgan fingerprint density at radius 3 is 2.58 bits per heavy atom. The maximum absolute atomic E-state index is 7.78. The summed E-state index contributed by atoms with van der Waals surface area (Å²) in [6.45, 7) is 5.78. The molecule has 1 N–H and O–H groups in total. The Hall–Kier alpha value is -0.530. The van der Waals surface area contributed by atoms with Crippen molar-refractivity contribution < 1.29 is 0 Å². The lowest BCUT2D eigenvalue weighted by molar-refractivity contribution is 0.0472. The second-order valence-electron chi connectivity index (χ2n) is 4.79. The van der Waals surface area contributed by atoms with E-state index in [4.69, 9.17) is 5.41 Å². The van der Waals surface area contributed by atoms with Gasteiger partial charge in [0.25, 0.3) is 0 Å². The van der Waals surface area contributed by atoms with E-state index in [0.717, 1.165) is 18.8 Å². The third-order valence-electron chi connectivity index (χ3n) is 3.50. The summed E-state index contributed by atoms with van der Waals surface area (Å²) in [5, 5.41) is 7.78. The van der Waals surface area contributed by atoms with Crippen LogP contribution in [0.15, 0.2) is 0 Å². The van der Waals surface area contributed by atoms with Crippen LogP contribution in [0.3, 0.4) is 0 Å². The molecule has 68 valence electrons. The van der Waals surface area contributed by atoms with Gasteiger partial charge in [-0.05, 0) is 24.7 Å². The Bertz CT molecular complexity index is 208. The molecule has 2 nitrogen and oxygen atoms in total. The summed E-state index contributed by atoms with van der Waals surface area (Å²) < 4.78 is 0. The van der Waals surface area contributed by atoms with Gasteiger partial charge in [0.15, 0.2) is 0 Å². The van der Waals surface area contributed by atoms with Gasteiger partial charge in [0.2, 0.25) is 0 Å². The Morgan fingerprint density at radius 1 is 1.50 bits per heavy atom. The van der Waals surface area contributed by atoms with Gasteiger partial charge in [-0.1, -0.05) is 13.8 Å². The van der Waals surface area contributed by atoms with Crippen LogP contribution in [0.2, 0.25) is 0 Å². The first-order chi connectivity index (χ1) is 5.61. The second kappa shape index (κ2) is 2.48. The van der Waals surface area contributed by atoms with E-state index in [2.05, 4.69) is 18.7 Å². The number of hydrogen-bond donors (Lipinski definition) is 1. The van der Waals surface area contributed by atoms with Crippen molar-refractivity contribution in [3.63, 3.8) is 0 Å². The Balaban J connectivity index is 2.05. The van der Waals surface area contributed by atoms with Crippen LogP contribution in [0.1, 0.15) is 39.5 Å². The van der Waals surface area contributed by atoms with Crippen LogP contribution >= 0.6 is 0 Å². The summed E-state index contributed by atoms with van der Waals surface area (Å²) in [6, 6.07) is 0.674. The topological polar surface area (TPSA) is 27.1 Å². The van der Waals surface area contributed by atoms with Gasteiger partial charge in [0.05, 0.1) is 5.84 Å². The van der Waals surface area contributed by atoms with Crippen molar-refractivity contribution in [2.45, 2.75) is 45.6 Å². The molecule has 1 unspecified atom stereocenters. The van der Waals surface area contributed by atoms with E-state index in [-0.39, 0.29) is 0 Å². The van der Waals surface area contributed by atoms with Gasteiger partial charge in [-0.2, -0.15) is 0 Å². The molecule has 0 bridgehead atoms. The Labute approximate surface area is 74.5 Å². The minimum absolute atomic E-state index is 0.469. The molecule has 2 aliphatic rings. The van der Waals surface area contributed by atoms with Gasteiger partial charge in [-0.15, -0.1) is 0 Å². The first kappa shape index (κ1) is 8.09. The van der Waals surface area contributed by atoms with Crippen LogP contribution in [0.25, 0.3) is 0 Å². The number of nitrogens with one attached hydrogen (secondary N) is 1. The fourth-order valence-corrected chi connectivity index (χ4v) is 2.47. The SMILES string of the molecule is CC1(C)CCC1N1CCCC1=N. The van der Waals surface area contributed by atoms with Crippen LogP contribution in [-0.2, 0) is 0 Å². The third-order valence-corrected chi connectivity index (χ3v) is 3.50. The van der Waals surface area contributed by atoms with Gasteiger partial charge >= 0.3 is 0 Å². The Morgan fingerprint density at radius 2 is 2.25 bits per heavy atom. The highest BCUT2D eigenvalue weighted by Gasteiger charge is 2.43. The van der Waals surface area contributed by atoms with Crippen molar-refractivity contribution in [2.24, 2.45) is 5.41 Å². The van der Waals surface area contributed by atoms with Crippen LogP contribution in [0, 0.1) is 10.8 Å². The largest absolute Gasteiger partial charge is 0.357 e. The summed E-state index contributed by atoms with van der Waals surface area (Å²) in [5.74, 6) is 0.882. The maximum Gasteiger partial charge on any atom is 0.0961 e. The number of rotatable bonds is 1. The summed E-state index contributed by atoms with van der Waals surface area (Å²) in [6.07, 6.45) is 4.84. The van der Waals surface area contributed by atoms with Crippen LogP contribution in [-0.4, -0.2) is 23.3 Å². The van der Waals surface area contributed by atoms with E-state index in [1.165, 1.54) is 19.3 Å². The summed E-state index contributed by atoms with van der Waals surface area (Å²) in [4.78, 5) is 2.32. The summed E-state index contributed by atoms with van der Waals surface area (Å²) in [5.41, 5.74) is 0.469. The van der Waals surface area contributed by atoms with Crippen molar-refractivity contribution in [2.75, 3.05) is 6.54 Å². The van der Waals surface area contributed by atoms with Crippen LogP contribution < -0.4 is 0 Å². The zero-order valence-electron chi connectivity index (χ0n) is 8.06. The average molecular weight is 166 g/mol. The summed E-state index contributed by atoms with van der Waals surface area (Å²) >= 11 is 0. The lowest BCUT2D eigenvalue weighted by atomic mass is 9.66. The summed E-state index contributed by atoms with van der Waals surface area (Å²) in [7, 11) is 0. The van der Waals surface area contributed by atoms with Crippen molar-refractivity contribution in [1.82, 2.24) is 4.90 Å². The molecule has 1 saturated carbocycles. The first-order valence-corrected chi connectivity index (χ1v) is 4.95. The minimum atomic E-state index is 0.469. The molecule has 0 aromatic rings. The molecule has 12 heavy (non-hydrogen) atoms. The molecule has 0 spiro atoms. The molecule has 1 aliphatic carbocycles. The smallest absolute Gasteiger partial charge is 0.0961 e. The highest BCUT2D eigenvalue weighted by molar-refractivity contribution is 5.81. The van der Waals surface area contributed by atoms with E-state index in [1.54, 1.807) is 0 Å². The van der Waals surface area contributed by atoms with Gasteiger partial charge in [-0.3, -0.25) is 5.41 Å². The van der Waals surface area contributed by atoms with Crippen molar-refractivity contribution in [3.05, 3.63) is 0 Å². The highest BCUT2D eigenvalue weighted by Crippen LogP contribution is 2.44. The lowest BCUT2D eigenvalue weighted by Crippen LogP contribution is -2.52. The molecule has 1 heterocycles. The highest BCUT2D eigenvalue weighted by atomic mass is 15.2. The molecule has 0 aromatic heterocycles. The number of likely N-dealkylation sites (tertiary alicyclic amines) is 1. The number of amidine groups is 1. The monoisotopic (exact) mass is 166 g/mol. The second-order valence-corrected chi connectivity index (χ2v) is 4.79. The van der Waals surface area contributed by atoms with E-state index >= 15 is 0 Å². The standard InChI is InChI=1S/C10H18N2/c1-10(2)6-5-8(10)12-7-3-4-9(12)11/h8,11H,3-7H2,1-2H3. The van der Waals surface area contributed by atoms with Gasteiger partial charge in [0, 0.05) is 19.0 Å². The third kappa shape index (κ3) is 1.05. The molecule has 2 heteroatoms. The lowest BCUT2D eigenvalue weighted by Gasteiger charge is -2.50. The minimum Gasteiger partial charge on any atom is -0.357 e. The molecular formula is C10H18N2. The van der Waals surface area contributed by atoms with Crippen molar-refractivity contribution in [3.8, 4) is 0 Å². The van der Waals surface area contributed by atoms with E-state index in [1.807, 2.05) is 0 Å². The molecule has 0 amide bonds. The van der Waals surface area contributed by atoms with Gasteiger partial charge in [-0.25, -0.2) is 0 Å². The number of hydrogen-bond acceptors (Lipinski definition) is 1. The predicted molar refractivity (Wildman–Crippen MR) is 50.5 cm³/mol. The molecule has 0 aromatic carbocycles. The van der Waals surface area contributed by atoms with Gasteiger partial charge < -0.3 is 4.90 Å². The fraction of sp³-hybridized carbons (Fsp3) is 0.900. The molecule has 1 aliphatic heterocycles. The van der Waals surface area contributed by atoms with Gasteiger partial charge in [0.1, 0.15) is 0 Å². The zero-order valence-corrected chi connectivity index (χ0v) is 8.06. The number of nitrogens with zero attached hydrogens (tertiary/aromatic N) is 1.